The minimum Gasteiger partial charge on any atom is -0.444 e. The summed E-state index contributed by atoms with van der Waals surface area (Å²) < 4.78 is 5.44. The van der Waals surface area contributed by atoms with Crippen LogP contribution in [0.3, 0.4) is 0 Å². The summed E-state index contributed by atoms with van der Waals surface area (Å²) in [7, 11) is 0. The lowest BCUT2D eigenvalue weighted by Crippen LogP contribution is -2.38. The highest BCUT2D eigenvalue weighted by Gasteiger charge is 2.24. The Morgan fingerprint density at radius 1 is 1.29 bits per heavy atom. The van der Waals surface area contributed by atoms with Gasteiger partial charge in [-0.3, -0.25) is 0 Å². The Bertz CT molecular complexity index is 594. The van der Waals surface area contributed by atoms with Crippen LogP contribution in [0.2, 0.25) is 0 Å². The lowest BCUT2D eigenvalue weighted by molar-refractivity contribution is 0.0258. The number of fused-ring (bicyclic) bond motifs is 1. The third-order valence-corrected chi connectivity index (χ3v) is 3.75. The van der Waals surface area contributed by atoms with E-state index >= 15 is 0 Å². The van der Waals surface area contributed by atoms with Gasteiger partial charge in [0.05, 0.1) is 11.6 Å². The van der Waals surface area contributed by atoms with Crippen molar-refractivity contribution in [2.45, 2.75) is 46.1 Å². The second-order valence-corrected chi connectivity index (χ2v) is 6.45. The van der Waals surface area contributed by atoms with Crippen molar-refractivity contribution in [1.29, 1.82) is 5.26 Å². The Hall–Kier alpha value is -2.02. The maximum atomic E-state index is 12.2. The van der Waals surface area contributed by atoms with Gasteiger partial charge in [0.25, 0.3) is 0 Å². The highest BCUT2D eigenvalue weighted by Crippen LogP contribution is 2.23. The van der Waals surface area contributed by atoms with Crippen molar-refractivity contribution in [3.8, 4) is 6.07 Å². The minimum atomic E-state index is -0.472. The number of benzene rings is 1. The number of hydrogen-bond donors (Lipinski definition) is 0. The first-order chi connectivity index (χ1) is 9.81. The fourth-order valence-electron chi connectivity index (χ4n) is 2.64. The fraction of sp³-hybridized carbons (Fsp3) is 0.529. The van der Waals surface area contributed by atoms with Crippen molar-refractivity contribution in [2.24, 2.45) is 0 Å². The molecule has 0 unspecified atom stereocenters. The van der Waals surface area contributed by atoms with Crippen LogP contribution in [0.25, 0.3) is 0 Å². The summed E-state index contributed by atoms with van der Waals surface area (Å²) in [5.41, 5.74) is 3.73. The summed E-state index contributed by atoms with van der Waals surface area (Å²) in [6, 6.07) is 6.11. The Labute approximate surface area is 126 Å². The second kappa shape index (κ2) is 5.77. The molecule has 0 radical (unpaired) electrons. The Morgan fingerprint density at radius 3 is 2.57 bits per heavy atom. The number of hydrogen-bond acceptors (Lipinski definition) is 3. The molecule has 4 heteroatoms. The predicted molar refractivity (Wildman–Crippen MR) is 81.1 cm³/mol. The minimum absolute atomic E-state index is 0.256. The maximum Gasteiger partial charge on any atom is 0.410 e. The molecule has 1 aromatic carbocycles. The van der Waals surface area contributed by atoms with Crippen molar-refractivity contribution in [1.82, 2.24) is 4.90 Å². The first-order valence-electron chi connectivity index (χ1n) is 7.31. The quantitative estimate of drug-likeness (QED) is 0.736. The number of amides is 1. The van der Waals surface area contributed by atoms with Gasteiger partial charge >= 0.3 is 6.09 Å². The maximum absolute atomic E-state index is 12.2. The highest BCUT2D eigenvalue weighted by atomic mass is 16.6. The SMILES string of the molecule is Cc1c(C#N)ccc2c1CCN(C(=O)OC(C)(C)C)CC2. The zero-order valence-electron chi connectivity index (χ0n) is 13.2. The summed E-state index contributed by atoms with van der Waals surface area (Å²) in [5.74, 6) is 0. The molecule has 0 fully saturated rings. The molecule has 0 atom stereocenters. The van der Waals surface area contributed by atoms with Crippen LogP contribution in [0.5, 0.6) is 0 Å². The van der Waals surface area contributed by atoms with Crippen LogP contribution in [0.4, 0.5) is 4.79 Å². The summed E-state index contributed by atoms with van der Waals surface area (Å²) in [5, 5.41) is 9.12. The molecule has 0 saturated heterocycles. The lowest BCUT2D eigenvalue weighted by atomic mass is 9.94. The van der Waals surface area contributed by atoms with Crippen molar-refractivity contribution in [2.75, 3.05) is 13.1 Å². The van der Waals surface area contributed by atoms with E-state index in [-0.39, 0.29) is 6.09 Å². The van der Waals surface area contributed by atoms with E-state index in [1.807, 2.05) is 39.8 Å². The molecule has 1 aromatic rings. The van der Waals surface area contributed by atoms with Gasteiger partial charge in [0.15, 0.2) is 0 Å². The third kappa shape index (κ3) is 3.55. The molecule has 2 rings (SSSR count). The standard InChI is InChI=1S/C17H22N2O2/c1-12-14(11-18)6-5-13-7-9-19(10-8-15(12)13)16(20)21-17(2,3)4/h5-6H,7-10H2,1-4H3. The monoisotopic (exact) mass is 286 g/mol. The lowest BCUT2D eigenvalue weighted by Gasteiger charge is -2.26. The van der Waals surface area contributed by atoms with E-state index < -0.39 is 5.60 Å². The molecular formula is C17H22N2O2. The van der Waals surface area contributed by atoms with Crippen LogP contribution in [-0.4, -0.2) is 29.7 Å². The Morgan fingerprint density at radius 2 is 1.95 bits per heavy atom. The first kappa shape index (κ1) is 15.4. The van der Waals surface area contributed by atoms with Crippen molar-refractivity contribution < 1.29 is 9.53 Å². The average molecular weight is 286 g/mol. The van der Waals surface area contributed by atoms with E-state index in [1.165, 1.54) is 11.1 Å². The molecule has 1 heterocycles. The van der Waals surface area contributed by atoms with Crippen molar-refractivity contribution in [3.63, 3.8) is 0 Å². The van der Waals surface area contributed by atoms with E-state index in [2.05, 4.69) is 6.07 Å². The molecule has 112 valence electrons. The predicted octanol–water partition coefficient (Wildman–Crippen LogP) is 3.20. The highest BCUT2D eigenvalue weighted by molar-refractivity contribution is 5.68. The number of carbonyl (C=O) groups is 1. The van der Waals surface area contributed by atoms with Crippen LogP contribution in [0.15, 0.2) is 12.1 Å². The normalized spacial score (nSPS) is 14.9. The van der Waals surface area contributed by atoms with Crippen molar-refractivity contribution >= 4 is 6.09 Å². The summed E-state index contributed by atoms with van der Waals surface area (Å²) in [6.07, 6.45) is 1.32. The van der Waals surface area contributed by atoms with Gasteiger partial charge in [-0.2, -0.15) is 5.26 Å². The van der Waals surface area contributed by atoms with Gasteiger partial charge in [0.1, 0.15) is 5.60 Å². The van der Waals surface area contributed by atoms with Crippen molar-refractivity contribution in [3.05, 3.63) is 34.4 Å². The van der Waals surface area contributed by atoms with E-state index in [1.54, 1.807) is 4.90 Å². The molecule has 0 saturated carbocycles. The average Bonchev–Trinajstić information content (AvgIpc) is 2.60. The number of ether oxygens (including phenoxy) is 1. The number of rotatable bonds is 0. The van der Waals surface area contributed by atoms with Crippen LogP contribution >= 0.6 is 0 Å². The largest absolute Gasteiger partial charge is 0.444 e. The van der Waals surface area contributed by atoms with Gasteiger partial charge in [0, 0.05) is 13.1 Å². The number of carbonyl (C=O) groups excluding carboxylic acids is 1. The fourth-order valence-corrected chi connectivity index (χ4v) is 2.64. The molecule has 0 N–H and O–H groups in total. The van der Waals surface area contributed by atoms with Crippen LogP contribution in [-0.2, 0) is 17.6 Å². The molecule has 0 bridgehead atoms. The topological polar surface area (TPSA) is 53.3 Å². The van der Waals surface area contributed by atoms with Crippen LogP contribution in [0, 0.1) is 18.3 Å². The zero-order valence-corrected chi connectivity index (χ0v) is 13.2. The molecule has 4 nitrogen and oxygen atoms in total. The van der Waals surface area contributed by atoms with E-state index in [9.17, 15) is 4.79 Å². The molecule has 0 aromatic heterocycles. The van der Waals surface area contributed by atoms with Crippen LogP contribution < -0.4 is 0 Å². The summed E-state index contributed by atoms with van der Waals surface area (Å²) in [4.78, 5) is 13.9. The van der Waals surface area contributed by atoms with Gasteiger partial charge in [-0.05, 0) is 63.3 Å². The molecule has 21 heavy (non-hydrogen) atoms. The smallest absolute Gasteiger partial charge is 0.410 e. The van der Waals surface area contributed by atoms with Gasteiger partial charge < -0.3 is 9.64 Å². The van der Waals surface area contributed by atoms with E-state index in [0.29, 0.717) is 13.1 Å². The van der Waals surface area contributed by atoms with Gasteiger partial charge in [-0.15, -0.1) is 0 Å². The zero-order chi connectivity index (χ0) is 15.6. The molecule has 1 amide bonds. The number of nitrogens with zero attached hydrogens (tertiary/aromatic N) is 2. The molecule has 0 spiro atoms. The second-order valence-electron chi connectivity index (χ2n) is 6.45. The van der Waals surface area contributed by atoms with Crippen LogP contribution in [0.1, 0.15) is 43.0 Å². The summed E-state index contributed by atoms with van der Waals surface area (Å²) in [6.45, 7) is 8.91. The molecule has 1 aliphatic rings. The van der Waals surface area contributed by atoms with Gasteiger partial charge in [-0.25, -0.2) is 4.79 Å². The summed E-state index contributed by atoms with van der Waals surface area (Å²) >= 11 is 0. The molecule has 0 aliphatic carbocycles. The first-order valence-corrected chi connectivity index (χ1v) is 7.31. The third-order valence-electron chi connectivity index (χ3n) is 3.75. The Balaban J connectivity index is 2.16. The van der Waals surface area contributed by atoms with E-state index in [4.69, 9.17) is 10.00 Å². The molecular weight excluding hydrogens is 264 g/mol. The number of nitriles is 1. The van der Waals surface area contributed by atoms with Gasteiger partial charge in [-0.1, -0.05) is 6.07 Å². The molecule has 1 aliphatic heterocycles. The Kier molecular flexibility index (Phi) is 4.22. The van der Waals surface area contributed by atoms with Gasteiger partial charge in [0.2, 0.25) is 0 Å². The van der Waals surface area contributed by atoms with E-state index in [0.717, 1.165) is 24.0 Å².